The van der Waals surface area contributed by atoms with Crippen molar-refractivity contribution in [2.75, 3.05) is 0 Å². The molecule has 5 heterocycles. The van der Waals surface area contributed by atoms with E-state index in [-0.39, 0.29) is 17.8 Å². The Bertz CT molecular complexity index is 1070. The lowest BCUT2D eigenvalue weighted by atomic mass is 9.58. The molecule has 7 nitrogen and oxygen atoms in total. The van der Waals surface area contributed by atoms with E-state index in [1.54, 1.807) is 18.3 Å². The normalized spacial score (nSPS) is 43.0. The molecule has 4 saturated heterocycles. The highest BCUT2D eigenvalue weighted by Gasteiger charge is 2.69. The Morgan fingerprint density at radius 2 is 2.03 bits per heavy atom. The highest BCUT2D eigenvalue weighted by atomic mass is 35.5. The molecule has 1 spiro atoms. The zero-order chi connectivity index (χ0) is 22.3. The van der Waals surface area contributed by atoms with Crippen LogP contribution in [0.4, 0.5) is 0 Å². The fourth-order valence-electron chi connectivity index (χ4n) is 6.44. The summed E-state index contributed by atoms with van der Waals surface area (Å²) in [4.78, 5) is 28.2. The molecule has 1 N–H and O–H groups in total. The zero-order valence-electron chi connectivity index (χ0n) is 18.4. The second-order valence-corrected chi connectivity index (χ2v) is 10.5. The van der Waals surface area contributed by atoms with Crippen molar-refractivity contribution in [1.82, 2.24) is 4.98 Å². The van der Waals surface area contributed by atoms with Gasteiger partial charge in [-0.05, 0) is 56.2 Å². The van der Waals surface area contributed by atoms with Crippen LogP contribution in [0.5, 0.6) is 0 Å². The second-order valence-electron chi connectivity index (χ2n) is 10.1. The number of fused-ring (bicyclic) bond motifs is 3. The molecule has 1 aliphatic carbocycles. The molecule has 2 aromatic rings. The first-order chi connectivity index (χ1) is 15.3. The lowest BCUT2D eigenvalue weighted by Gasteiger charge is -2.59. The molecule has 1 unspecified atom stereocenters. The molecule has 172 valence electrons. The third-order valence-corrected chi connectivity index (χ3v) is 8.42. The summed E-state index contributed by atoms with van der Waals surface area (Å²) in [5.74, 6) is -0.541. The quantitative estimate of drug-likeness (QED) is 0.490. The van der Waals surface area contributed by atoms with Gasteiger partial charge < -0.3 is 19.2 Å². The summed E-state index contributed by atoms with van der Waals surface area (Å²) < 4.78 is 18.6. The molecule has 8 atom stereocenters. The molecule has 5 fully saturated rings. The van der Waals surface area contributed by atoms with Crippen LogP contribution in [0.15, 0.2) is 24.4 Å². The van der Waals surface area contributed by atoms with E-state index < -0.39 is 29.9 Å². The Kier molecular flexibility index (Phi) is 4.69. The number of esters is 1. The molecule has 2 bridgehead atoms. The molecule has 32 heavy (non-hydrogen) atoms. The minimum absolute atomic E-state index is 0.0753. The van der Waals surface area contributed by atoms with Crippen LogP contribution in [0.2, 0.25) is 5.02 Å². The monoisotopic (exact) mass is 461 g/mol. The topological polar surface area (TPSA) is 79.0 Å². The maximum absolute atomic E-state index is 13.2. The second kappa shape index (κ2) is 7.18. The zero-order valence-corrected chi connectivity index (χ0v) is 19.2. The molecule has 0 amide bonds. The van der Waals surface area contributed by atoms with Crippen LogP contribution < -0.4 is 0 Å². The van der Waals surface area contributed by atoms with E-state index in [9.17, 15) is 4.79 Å². The van der Waals surface area contributed by atoms with Crippen molar-refractivity contribution in [3.63, 3.8) is 0 Å². The number of aromatic nitrogens is 1. The Balaban J connectivity index is 1.32. The minimum Gasteiger partial charge on any atom is -0.432 e. The Labute approximate surface area is 191 Å². The number of aromatic amines is 1. The third-order valence-electron chi connectivity index (χ3n) is 8.18. The highest BCUT2D eigenvalue weighted by molar-refractivity contribution is 6.31. The van der Waals surface area contributed by atoms with Gasteiger partial charge >= 0.3 is 5.97 Å². The number of rotatable bonds is 2. The van der Waals surface area contributed by atoms with E-state index in [4.69, 9.17) is 35.6 Å². The summed E-state index contributed by atoms with van der Waals surface area (Å²) in [5, 5.41) is 1.29. The van der Waals surface area contributed by atoms with Crippen molar-refractivity contribution < 1.29 is 28.8 Å². The number of halogens is 1. The average Bonchev–Trinajstić information content (AvgIpc) is 3.04. The van der Waals surface area contributed by atoms with E-state index >= 15 is 0 Å². The molecule has 0 radical (unpaired) electrons. The number of hydrogen-bond acceptors (Lipinski definition) is 6. The fourth-order valence-corrected chi connectivity index (χ4v) is 6.61. The van der Waals surface area contributed by atoms with Gasteiger partial charge in [0.1, 0.15) is 0 Å². The lowest BCUT2D eigenvalue weighted by Crippen LogP contribution is -2.70. The predicted octanol–water partition coefficient (Wildman–Crippen LogP) is 5.19. The van der Waals surface area contributed by atoms with E-state index in [1.165, 1.54) is 0 Å². The lowest BCUT2D eigenvalue weighted by molar-refractivity contribution is -0.576. The standard InChI is InChI=1S/C24H28ClNO6/c1-12-4-6-18-13(2)21(28-20(27)16-11-26-19-7-5-14(25)10-15(16)19)29-22-24(18)17(12)8-9-23(3,30-22)31-32-24/h5,7,10-13,17-18,21-22,26H,4,6,8-9H2,1-3H3/t12-,13-,17+,18+,21?,22-,23-,24-/m1/s1. The van der Waals surface area contributed by atoms with E-state index in [0.29, 0.717) is 16.5 Å². The summed E-state index contributed by atoms with van der Waals surface area (Å²) in [6, 6.07) is 5.38. The first-order valence-electron chi connectivity index (χ1n) is 11.5. The van der Waals surface area contributed by atoms with Crippen LogP contribution in [-0.4, -0.2) is 34.9 Å². The van der Waals surface area contributed by atoms with Crippen LogP contribution in [-0.2, 0) is 24.0 Å². The summed E-state index contributed by atoms with van der Waals surface area (Å²) in [6.07, 6.45) is 4.00. The smallest absolute Gasteiger partial charge is 0.342 e. The van der Waals surface area contributed by atoms with Gasteiger partial charge in [0, 0.05) is 40.4 Å². The molecule has 1 saturated carbocycles. The van der Waals surface area contributed by atoms with Crippen molar-refractivity contribution in [3.8, 4) is 0 Å². The summed E-state index contributed by atoms with van der Waals surface area (Å²) in [5.41, 5.74) is 0.582. The highest BCUT2D eigenvalue weighted by Crippen LogP contribution is 2.60. The molecule has 7 rings (SSSR count). The predicted molar refractivity (Wildman–Crippen MR) is 116 cm³/mol. The van der Waals surface area contributed by atoms with Crippen LogP contribution in [0.1, 0.15) is 56.8 Å². The van der Waals surface area contributed by atoms with Gasteiger partial charge in [0.05, 0.1) is 5.56 Å². The molecular weight excluding hydrogens is 434 g/mol. The maximum atomic E-state index is 13.2. The van der Waals surface area contributed by atoms with Crippen LogP contribution in [0.25, 0.3) is 10.9 Å². The van der Waals surface area contributed by atoms with Crippen molar-refractivity contribution in [2.24, 2.45) is 23.7 Å². The van der Waals surface area contributed by atoms with Crippen LogP contribution >= 0.6 is 11.6 Å². The molecule has 8 heteroatoms. The molecule has 1 aromatic carbocycles. The van der Waals surface area contributed by atoms with Gasteiger partial charge in [-0.1, -0.05) is 25.4 Å². The van der Waals surface area contributed by atoms with Crippen LogP contribution in [0.3, 0.4) is 0 Å². The first kappa shape index (κ1) is 20.9. The average molecular weight is 462 g/mol. The number of carbonyl (C=O) groups is 1. The largest absolute Gasteiger partial charge is 0.432 e. The Hall–Kier alpha value is -1.64. The van der Waals surface area contributed by atoms with Crippen molar-refractivity contribution in [3.05, 3.63) is 35.0 Å². The number of benzene rings is 1. The van der Waals surface area contributed by atoms with Gasteiger partial charge in [0.15, 0.2) is 11.9 Å². The number of carbonyl (C=O) groups excluding carboxylic acids is 1. The van der Waals surface area contributed by atoms with Gasteiger partial charge in [-0.2, -0.15) is 0 Å². The molecular formula is C24H28ClNO6. The van der Waals surface area contributed by atoms with Gasteiger partial charge in [0.2, 0.25) is 12.1 Å². The van der Waals surface area contributed by atoms with Gasteiger partial charge in [-0.15, -0.1) is 0 Å². The maximum Gasteiger partial charge on any atom is 0.342 e. The van der Waals surface area contributed by atoms with Gasteiger partial charge in [-0.25, -0.2) is 14.6 Å². The molecule has 5 aliphatic rings. The minimum atomic E-state index is -0.861. The van der Waals surface area contributed by atoms with Crippen molar-refractivity contribution >= 4 is 28.5 Å². The molecule has 1 aromatic heterocycles. The molecule has 4 aliphatic heterocycles. The van der Waals surface area contributed by atoms with E-state index in [2.05, 4.69) is 18.8 Å². The number of H-pyrrole nitrogens is 1. The van der Waals surface area contributed by atoms with E-state index in [1.807, 2.05) is 13.0 Å². The number of nitrogens with one attached hydrogen (secondary N) is 1. The Morgan fingerprint density at radius 1 is 1.19 bits per heavy atom. The number of ether oxygens (including phenoxy) is 3. The van der Waals surface area contributed by atoms with Crippen molar-refractivity contribution in [1.29, 1.82) is 0 Å². The number of hydrogen-bond donors (Lipinski definition) is 1. The summed E-state index contributed by atoms with van der Waals surface area (Å²) >= 11 is 6.14. The van der Waals surface area contributed by atoms with E-state index in [0.717, 1.165) is 36.6 Å². The third kappa shape index (κ3) is 2.91. The first-order valence-corrected chi connectivity index (χ1v) is 11.9. The fraction of sp³-hybridized carbons (Fsp3) is 0.625. The SMILES string of the molecule is C[C@@H]1CC[C@H]2[C@@H](C)C(OC(=O)c3c[nH]c4ccc(Cl)cc34)O[C@@H]3O[C@@]4(C)CC[C@@H]1[C@]32OO4. The Morgan fingerprint density at radius 3 is 2.88 bits per heavy atom. The van der Waals surface area contributed by atoms with Gasteiger partial charge in [-0.3, -0.25) is 0 Å². The van der Waals surface area contributed by atoms with Crippen LogP contribution in [0, 0.1) is 23.7 Å². The summed E-state index contributed by atoms with van der Waals surface area (Å²) in [6.45, 7) is 6.22. The summed E-state index contributed by atoms with van der Waals surface area (Å²) in [7, 11) is 0. The van der Waals surface area contributed by atoms with Gasteiger partial charge in [0.25, 0.3) is 0 Å². The van der Waals surface area contributed by atoms with Crippen molar-refractivity contribution in [2.45, 2.75) is 70.4 Å².